The molecule has 0 aliphatic carbocycles. The monoisotopic (exact) mass is 427 g/mol. The highest BCUT2D eigenvalue weighted by molar-refractivity contribution is 7.98. The number of nitrogens with one attached hydrogen (secondary N) is 2. The fourth-order valence-corrected chi connectivity index (χ4v) is 3.58. The van der Waals surface area contributed by atoms with E-state index in [0.29, 0.717) is 23.0 Å². The summed E-state index contributed by atoms with van der Waals surface area (Å²) in [6.45, 7) is 2.44. The van der Waals surface area contributed by atoms with E-state index in [2.05, 4.69) is 20.5 Å². The molecule has 0 aliphatic heterocycles. The molecule has 9 heteroatoms. The third kappa shape index (κ3) is 5.90. The number of carbonyl (C=O) groups excluding carboxylic acids is 2. The number of amides is 2. The number of hydrogen-bond acceptors (Lipinski definition) is 5. The molecular weight excluding hydrogens is 405 g/mol. The second kappa shape index (κ2) is 10.5. The van der Waals surface area contributed by atoms with Gasteiger partial charge in [0.25, 0.3) is 5.91 Å². The molecule has 1 heterocycles. The summed E-state index contributed by atoms with van der Waals surface area (Å²) in [5.41, 5.74) is 2.20. The predicted octanol–water partition coefficient (Wildman–Crippen LogP) is 3.01. The van der Waals surface area contributed by atoms with Crippen molar-refractivity contribution in [3.63, 3.8) is 0 Å². The zero-order valence-corrected chi connectivity index (χ0v) is 17.3. The molecule has 30 heavy (non-hydrogen) atoms. The van der Waals surface area contributed by atoms with Crippen LogP contribution in [0.3, 0.4) is 0 Å². The summed E-state index contributed by atoms with van der Waals surface area (Å²) in [4.78, 5) is 31.0. The molecule has 0 saturated heterocycles. The van der Waals surface area contributed by atoms with Crippen molar-refractivity contribution in [1.29, 1.82) is 0 Å². The van der Waals surface area contributed by atoms with Crippen molar-refractivity contribution < 1.29 is 14.0 Å². The summed E-state index contributed by atoms with van der Waals surface area (Å²) in [5.74, 6) is -0.259. The van der Waals surface area contributed by atoms with E-state index in [-0.39, 0.29) is 30.7 Å². The first-order valence-corrected chi connectivity index (χ1v) is 10.4. The van der Waals surface area contributed by atoms with Crippen LogP contribution in [0.1, 0.15) is 28.4 Å². The predicted molar refractivity (Wildman–Crippen MR) is 112 cm³/mol. The molecule has 0 radical (unpaired) electrons. The van der Waals surface area contributed by atoms with Crippen LogP contribution in [0, 0.1) is 5.82 Å². The molecule has 0 spiro atoms. The first-order chi connectivity index (χ1) is 14.6. The second-order valence-corrected chi connectivity index (χ2v) is 7.42. The number of aromatic amines is 1. The highest BCUT2D eigenvalue weighted by atomic mass is 32.2. The largest absolute Gasteiger partial charge is 0.350 e. The Morgan fingerprint density at radius 2 is 1.93 bits per heavy atom. The van der Waals surface area contributed by atoms with E-state index in [0.717, 1.165) is 11.1 Å². The SMILES string of the molecule is CCN(CC(=O)NCc1ccc(F)cc1)C(=O)c1ccccc1CSc1ncn[nH]1. The van der Waals surface area contributed by atoms with Gasteiger partial charge in [-0.05, 0) is 36.2 Å². The van der Waals surface area contributed by atoms with Crippen LogP contribution >= 0.6 is 11.8 Å². The number of rotatable bonds is 9. The molecule has 0 atom stereocenters. The summed E-state index contributed by atoms with van der Waals surface area (Å²) < 4.78 is 13.0. The first kappa shape index (κ1) is 21.5. The Labute approximate surface area is 178 Å². The van der Waals surface area contributed by atoms with Crippen LogP contribution in [-0.4, -0.2) is 45.0 Å². The van der Waals surface area contributed by atoms with Crippen molar-refractivity contribution >= 4 is 23.6 Å². The Hall–Kier alpha value is -3.20. The Morgan fingerprint density at radius 3 is 2.63 bits per heavy atom. The Bertz CT molecular complexity index is 979. The second-order valence-electron chi connectivity index (χ2n) is 6.46. The summed E-state index contributed by atoms with van der Waals surface area (Å²) in [6.07, 6.45) is 1.43. The molecule has 3 rings (SSSR count). The van der Waals surface area contributed by atoms with Gasteiger partial charge in [0.2, 0.25) is 5.91 Å². The quantitative estimate of drug-likeness (QED) is 0.512. The van der Waals surface area contributed by atoms with E-state index in [1.54, 1.807) is 24.3 Å². The van der Waals surface area contributed by atoms with Crippen molar-refractivity contribution in [1.82, 2.24) is 25.4 Å². The maximum absolute atomic E-state index is 13.1. The van der Waals surface area contributed by atoms with E-state index in [1.807, 2.05) is 19.1 Å². The van der Waals surface area contributed by atoms with Crippen LogP contribution < -0.4 is 5.32 Å². The van der Waals surface area contributed by atoms with Gasteiger partial charge in [0.15, 0.2) is 5.16 Å². The highest BCUT2D eigenvalue weighted by Crippen LogP contribution is 2.22. The Kier molecular flexibility index (Phi) is 7.56. The number of H-pyrrole nitrogens is 1. The summed E-state index contributed by atoms with van der Waals surface area (Å²) >= 11 is 1.45. The van der Waals surface area contributed by atoms with Crippen molar-refractivity contribution in [3.8, 4) is 0 Å². The number of likely N-dealkylation sites (N-methyl/N-ethyl adjacent to an activating group) is 1. The third-order valence-corrected chi connectivity index (χ3v) is 5.34. The normalized spacial score (nSPS) is 10.6. The first-order valence-electron chi connectivity index (χ1n) is 9.43. The van der Waals surface area contributed by atoms with Crippen molar-refractivity contribution in [3.05, 3.63) is 77.4 Å². The summed E-state index contributed by atoms with van der Waals surface area (Å²) in [6, 6.07) is 13.2. The minimum Gasteiger partial charge on any atom is -0.350 e. The zero-order valence-electron chi connectivity index (χ0n) is 16.5. The molecular formula is C21H22FN5O2S. The van der Waals surface area contributed by atoms with Crippen LogP contribution in [0.5, 0.6) is 0 Å². The lowest BCUT2D eigenvalue weighted by molar-refractivity contribution is -0.121. The smallest absolute Gasteiger partial charge is 0.254 e. The fourth-order valence-electron chi connectivity index (χ4n) is 2.79. The van der Waals surface area contributed by atoms with Crippen LogP contribution in [0.4, 0.5) is 4.39 Å². The Balaban J connectivity index is 1.61. The third-order valence-electron chi connectivity index (χ3n) is 4.41. The van der Waals surface area contributed by atoms with Crippen molar-refractivity contribution in [2.75, 3.05) is 13.1 Å². The van der Waals surface area contributed by atoms with Crippen LogP contribution in [-0.2, 0) is 17.1 Å². The molecule has 3 aromatic rings. The number of benzene rings is 2. The average molecular weight is 428 g/mol. The van der Waals surface area contributed by atoms with E-state index in [9.17, 15) is 14.0 Å². The molecule has 0 unspecified atom stereocenters. The van der Waals surface area contributed by atoms with E-state index in [1.165, 1.54) is 35.1 Å². The standard InChI is InChI=1S/C21H22FN5O2S/c1-2-27(12-19(28)23-11-15-7-9-17(22)10-8-15)20(29)18-6-4-3-5-16(18)13-30-21-24-14-25-26-21/h3-10,14H,2,11-13H2,1H3,(H,23,28)(H,24,25,26). The minimum absolute atomic E-state index is 0.0554. The van der Waals surface area contributed by atoms with E-state index < -0.39 is 0 Å². The van der Waals surface area contributed by atoms with Gasteiger partial charge < -0.3 is 10.2 Å². The number of carbonyl (C=O) groups is 2. The molecule has 156 valence electrons. The molecule has 0 fully saturated rings. The maximum Gasteiger partial charge on any atom is 0.254 e. The molecule has 0 aliphatic rings. The molecule has 2 N–H and O–H groups in total. The zero-order chi connectivity index (χ0) is 21.3. The summed E-state index contributed by atoms with van der Waals surface area (Å²) in [5, 5.41) is 10.0. The van der Waals surface area contributed by atoms with Gasteiger partial charge in [-0.15, -0.1) is 0 Å². The lowest BCUT2D eigenvalue weighted by Gasteiger charge is -2.22. The van der Waals surface area contributed by atoms with Crippen molar-refractivity contribution in [2.45, 2.75) is 24.4 Å². The van der Waals surface area contributed by atoms with E-state index in [4.69, 9.17) is 0 Å². The lowest BCUT2D eigenvalue weighted by atomic mass is 10.1. The summed E-state index contributed by atoms with van der Waals surface area (Å²) in [7, 11) is 0. The van der Waals surface area contributed by atoms with Gasteiger partial charge in [-0.25, -0.2) is 9.37 Å². The Morgan fingerprint density at radius 1 is 1.17 bits per heavy atom. The van der Waals surface area contributed by atoms with Crippen LogP contribution in [0.25, 0.3) is 0 Å². The van der Waals surface area contributed by atoms with Crippen LogP contribution in [0.15, 0.2) is 60.0 Å². The van der Waals surface area contributed by atoms with Gasteiger partial charge in [-0.2, -0.15) is 5.10 Å². The minimum atomic E-state index is -0.326. The molecule has 1 aromatic heterocycles. The lowest BCUT2D eigenvalue weighted by Crippen LogP contribution is -2.40. The number of halogens is 1. The van der Waals surface area contributed by atoms with Gasteiger partial charge in [0.1, 0.15) is 12.1 Å². The van der Waals surface area contributed by atoms with Crippen molar-refractivity contribution in [2.24, 2.45) is 0 Å². The van der Waals surface area contributed by atoms with Gasteiger partial charge in [0.05, 0.1) is 6.54 Å². The van der Waals surface area contributed by atoms with Gasteiger partial charge >= 0.3 is 0 Å². The molecule has 0 saturated carbocycles. The average Bonchev–Trinajstić information content (AvgIpc) is 3.29. The highest BCUT2D eigenvalue weighted by Gasteiger charge is 2.20. The maximum atomic E-state index is 13.1. The number of nitrogens with zero attached hydrogens (tertiary/aromatic N) is 3. The van der Waals surface area contributed by atoms with Gasteiger partial charge in [-0.1, -0.05) is 42.1 Å². The van der Waals surface area contributed by atoms with E-state index >= 15 is 0 Å². The number of hydrogen-bond donors (Lipinski definition) is 2. The topological polar surface area (TPSA) is 91.0 Å². The number of thioether (sulfide) groups is 1. The molecule has 2 aromatic carbocycles. The fraction of sp³-hybridized carbons (Fsp3) is 0.238. The van der Waals surface area contributed by atoms with Crippen LogP contribution in [0.2, 0.25) is 0 Å². The molecule has 7 nitrogen and oxygen atoms in total. The number of aromatic nitrogens is 3. The van der Waals surface area contributed by atoms with Gasteiger partial charge in [-0.3, -0.25) is 14.7 Å². The molecule has 0 bridgehead atoms. The molecule has 2 amide bonds. The van der Waals surface area contributed by atoms with Gasteiger partial charge in [0, 0.05) is 24.4 Å².